The first-order valence-electron chi connectivity index (χ1n) is 6.45. The normalized spacial score (nSPS) is 18.2. The molecule has 0 aliphatic carbocycles. The zero-order valence-electron chi connectivity index (χ0n) is 10.9. The largest absolute Gasteiger partial charge is 0.378 e. The third-order valence-electron chi connectivity index (χ3n) is 2.88. The van der Waals surface area contributed by atoms with Gasteiger partial charge in [0.05, 0.1) is 35.8 Å². The Balaban J connectivity index is 1.65. The zero-order valence-corrected chi connectivity index (χ0v) is 12.4. The van der Waals surface area contributed by atoms with Crippen molar-refractivity contribution in [2.75, 3.05) is 25.1 Å². The molecular formula is C13H16Cl2N2O3. The molecule has 1 aromatic rings. The van der Waals surface area contributed by atoms with Crippen LogP contribution in [0.4, 0.5) is 5.82 Å². The quantitative estimate of drug-likeness (QED) is 0.819. The fourth-order valence-corrected chi connectivity index (χ4v) is 2.10. The molecule has 0 radical (unpaired) electrons. The Kier molecular flexibility index (Phi) is 6.04. The SMILES string of the molecule is O=C(CCOC[C@H]1CCCO1)Nc1cc(Cl)c(Cl)cn1. The van der Waals surface area contributed by atoms with E-state index in [1.807, 2.05) is 0 Å². The predicted octanol–water partition coefficient (Wildman–Crippen LogP) is 2.91. The summed E-state index contributed by atoms with van der Waals surface area (Å²) in [5, 5.41) is 3.34. The first-order valence-corrected chi connectivity index (χ1v) is 7.21. The van der Waals surface area contributed by atoms with Gasteiger partial charge in [0.1, 0.15) is 5.82 Å². The summed E-state index contributed by atoms with van der Waals surface area (Å²) in [4.78, 5) is 15.6. The van der Waals surface area contributed by atoms with Crippen molar-refractivity contribution in [1.29, 1.82) is 0 Å². The second-order valence-corrected chi connectivity index (χ2v) is 5.31. The molecule has 1 N–H and O–H groups in total. The Bertz CT molecular complexity index is 465. The van der Waals surface area contributed by atoms with Crippen LogP contribution in [0.1, 0.15) is 19.3 Å². The van der Waals surface area contributed by atoms with E-state index >= 15 is 0 Å². The average Bonchev–Trinajstić information content (AvgIpc) is 2.92. The van der Waals surface area contributed by atoms with Gasteiger partial charge in [0.2, 0.25) is 5.91 Å². The molecule has 110 valence electrons. The number of nitrogens with zero attached hydrogens (tertiary/aromatic N) is 1. The lowest BCUT2D eigenvalue weighted by Crippen LogP contribution is -2.18. The summed E-state index contributed by atoms with van der Waals surface area (Å²) in [6, 6.07) is 1.51. The molecule has 0 bridgehead atoms. The maximum Gasteiger partial charge on any atom is 0.227 e. The number of halogens is 2. The van der Waals surface area contributed by atoms with Crippen LogP contribution in [0.15, 0.2) is 12.3 Å². The van der Waals surface area contributed by atoms with Crippen molar-refractivity contribution >= 4 is 34.9 Å². The Morgan fingerprint density at radius 1 is 1.50 bits per heavy atom. The standard InChI is InChI=1S/C13H16Cl2N2O3/c14-10-6-12(16-7-11(10)15)17-13(18)3-5-19-8-9-2-1-4-20-9/h6-7,9H,1-5,8H2,(H,16,17,18)/t9-/m1/s1. The molecule has 7 heteroatoms. The minimum atomic E-state index is -0.178. The second kappa shape index (κ2) is 7.78. The third kappa shape index (κ3) is 4.90. The topological polar surface area (TPSA) is 60.5 Å². The predicted molar refractivity (Wildman–Crippen MR) is 77.3 cm³/mol. The van der Waals surface area contributed by atoms with E-state index in [-0.39, 0.29) is 18.4 Å². The van der Waals surface area contributed by atoms with Crippen LogP contribution in [0, 0.1) is 0 Å². The fraction of sp³-hybridized carbons (Fsp3) is 0.538. The number of anilines is 1. The molecular weight excluding hydrogens is 303 g/mol. The fourth-order valence-electron chi connectivity index (χ4n) is 1.84. The van der Waals surface area contributed by atoms with E-state index < -0.39 is 0 Å². The van der Waals surface area contributed by atoms with Gasteiger partial charge >= 0.3 is 0 Å². The molecule has 1 aliphatic heterocycles. The van der Waals surface area contributed by atoms with Gasteiger partial charge in [0, 0.05) is 18.9 Å². The summed E-state index contributed by atoms with van der Waals surface area (Å²) in [6.45, 7) is 1.70. The number of aromatic nitrogens is 1. The van der Waals surface area contributed by atoms with E-state index in [1.165, 1.54) is 12.3 Å². The van der Waals surface area contributed by atoms with E-state index in [0.29, 0.717) is 29.1 Å². The van der Waals surface area contributed by atoms with E-state index in [2.05, 4.69) is 10.3 Å². The lowest BCUT2D eigenvalue weighted by atomic mass is 10.2. The van der Waals surface area contributed by atoms with E-state index in [9.17, 15) is 4.79 Å². The monoisotopic (exact) mass is 318 g/mol. The van der Waals surface area contributed by atoms with Gasteiger partial charge in [-0.2, -0.15) is 0 Å². The van der Waals surface area contributed by atoms with Crippen molar-refractivity contribution in [3.05, 3.63) is 22.3 Å². The van der Waals surface area contributed by atoms with Gasteiger partial charge in [-0.25, -0.2) is 4.98 Å². The van der Waals surface area contributed by atoms with Crippen LogP contribution in [0.5, 0.6) is 0 Å². The van der Waals surface area contributed by atoms with Gasteiger partial charge in [-0.1, -0.05) is 23.2 Å². The average molecular weight is 319 g/mol. The first-order chi connectivity index (χ1) is 9.65. The molecule has 1 aliphatic rings. The van der Waals surface area contributed by atoms with Crippen molar-refractivity contribution in [2.24, 2.45) is 0 Å². The third-order valence-corrected chi connectivity index (χ3v) is 3.59. The number of hydrogen-bond donors (Lipinski definition) is 1. The highest BCUT2D eigenvalue weighted by Gasteiger charge is 2.15. The number of hydrogen-bond acceptors (Lipinski definition) is 4. The molecule has 2 rings (SSSR count). The number of pyridine rings is 1. The molecule has 1 saturated heterocycles. The van der Waals surface area contributed by atoms with Crippen molar-refractivity contribution in [3.63, 3.8) is 0 Å². The Morgan fingerprint density at radius 3 is 3.05 bits per heavy atom. The van der Waals surface area contributed by atoms with Crippen molar-refractivity contribution in [1.82, 2.24) is 4.98 Å². The minimum absolute atomic E-state index is 0.176. The first kappa shape index (κ1) is 15.5. The number of amides is 1. The summed E-state index contributed by atoms with van der Waals surface area (Å²) in [5.74, 6) is 0.201. The molecule has 1 atom stereocenters. The molecule has 2 heterocycles. The number of nitrogens with one attached hydrogen (secondary N) is 1. The Morgan fingerprint density at radius 2 is 2.35 bits per heavy atom. The number of carbonyl (C=O) groups excluding carboxylic acids is 1. The Labute approximate surface area is 127 Å². The highest BCUT2D eigenvalue weighted by atomic mass is 35.5. The van der Waals surface area contributed by atoms with Crippen LogP contribution in [-0.2, 0) is 14.3 Å². The highest BCUT2D eigenvalue weighted by Crippen LogP contribution is 2.22. The van der Waals surface area contributed by atoms with Gasteiger partial charge < -0.3 is 14.8 Å². The van der Waals surface area contributed by atoms with E-state index in [0.717, 1.165) is 19.4 Å². The van der Waals surface area contributed by atoms with Gasteiger partial charge in [0.25, 0.3) is 0 Å². The lowest BCUT2D eigenvalue weighted by molar-refractivity contribution is -0.117. The molecule has 0 saturated carbocycles. The van der Waals surface area contributed by atoms with Gasteiger partial charge in [0.15, 0.2) is 0 Å². The summed E-state index contributed by atoms with van der Waals surface area (Å²) in [6.07, 6.45) is 3.94. The van der Waals surface area contributed by atoms with E-state index in [1.54, 1.807) is 0 Å². The van der Waals surface area contributed by atoms with Gasteiger partial charge in [-0.15, -0.1) is 0 Å². The lowest BCUT2D eigenvalue weighted by Gasteiger charge is -2.10. The van der Waals surface area contributed by atoms with Crippen LogP contribution in [0.2, 0.25) is 10.0 Å². The molecule has 0 aromatic carbocycles. The van der Waals surface area contributed by atoms with Crippen LogP contribution in [-0.4, -0.2) is 36.8 Å². The minimum Gasteiger partial charge on any atom is -0.378 e. The van der Waals surface area contributed by atoms with Crippen molar-refractivity contribution < 1.29 is 14.3 Å². The van der Waals surface area contributed by atoms with E-state index in [4.69, 9.17) is 32.7 Å². The number of ether oxygens (including phenoxy) is 2. The van der Waals surface area contributed by atoms with Crippen LogP contribution >= 0.6 is 23.2 Å². The van der Waals surface area contributed by atoms with Crippen molar-refractivity contribution in [2.45, 2.75) is 25.4 Å². The summed E-state index contributed by atoms with van der Waals surface area (Å²) < 4.78 is 10.8. The molecule has 1 amide bonds. The molecule has 20 heavy (non-hydrogen) atoms. The molecule has 0 unspecified atom stereocenters. The molecule has 0 spiro atoms. The Hall–Kier alpha value is -0.880. The molecule has 1 fully saturated rings. The number of rotatable bonds is 6. The number of carbonyl (C=O) groups is 1. The summed E-state index contributed by atoms with van der Waals surface area (Å²) >= 11 is 11.6. The maximum atomic E-state index is 11.7. The van der Waals surface area contributed by atoms with Crippen LogP contribution < -0.4 is 5.32 Å². The summed E-state index contributed by atoms with van der Waals surface area (Å²) in [7, 11) is 0. The van der Waals surface area contributed by atoms with Crippen LogP contribution in [0.25, 0.3) is 0 Å². The van der Waals surface area contributed by atoms with Crippen LogP contribution in [0.3, 0.4) is 0 Å². The highest BCUT2D eigenvalue weighted by molar-refractivity contribution is 6.42. The van der Waals surface area contributed by atoms with Gasteiger partial charge in [-0.3, -0.25) is 4.79 Å². The smallest absolute Gasteiger partial charge is 0.227 e. The van der Waals surface area contributed by atoms with Gasteiger partial charge in [-0.05, 0) is 12.8 Å². The molecule has 5 nitrogen and oxygen atoms in total. The maximum absolute atomic E-state index is 11.7. The molecule has 1 aromatic heterocycles. The zero-order chi connectivity index (χ0) is 14.4. The summed E-state index contributed by atoms with van der Waals surface area (Å²) in [5.41, 5.74) is 0. The van der Waals surface area contributed by atoms with Crippen molar-refractivity contribution in [3.8, 4) is 0 Å². The second-order valence-electron chi connectivity index (χ2n) is 4.49.